The molecule has 3 nitrogen and oxygen atoms in total. The van der Waals surface area contributed by atoms with Crippen LogP contribution in [-0.4, -0.2) is 11.7 Å². The van der Waals surface area contributed by atoms with Gasteiger partial charge in [-0.25, -0.2) is 0 Å². The number of carbonyl (C=O) groups is 2. The fraction of sp³-hybridized carbons (Fsp3) is 0.412. The number of hydrogen-bond donors (Lipinski definition) is 1. The van der Waals surface area contributed by atoms with Gasteiger partial charge in [-0.15, -0.1) is 0 Å². The minimum absolute atomic E-state index is 0.0784. The van der Waals surface area contributed by atoms with Crippen molar-refractivity contribution in [2.75, 3.05) is 0 Å². The molecular formula is C17H17Cl2NO2. The van der Waals surface area contributed by atoms with Gasteiger partial charge in [0.05, 0.1) is 10.0 Å². The number of ketones is 1. The van der Waals surface area contributed by atoms with Crippen LogP contribution in [0.3, 0.4) is 0 Å². The van der Waals surface area contributed by atoms with E-state index in [2.05, 4.69) is 5.32 Å². The second-order valence-corrected chi connectivity index (χ2v) is 7.57. The van der Waals surface area contributed by atoms with E-state index in [0.29, 0.717) is 28.5 Å². The predicted molar refractivity (Wildman–Crippen MR) is 87.0 cm³/mol. The van der Waals surface area contributed by atoms with Crippen LogP contribution in [0.5, 0.6) is 0 Å². The van der Waals surface area contributed by atoms with Crippen molar-refractivity contribution in [2.45, 2.75) is 39.0 Å². The number of benzene rings is 1. The Morgan fingerprint density at radius 1 is 1.18 bits per heavy atom. The van der Waals surface area contributed by atoms with E-state index in [4.69, 9.17) is 23.2 Å². The molecule has 1 aromatic rings. The van der Waals surface area contributed by atoms with E-state index in [1.165, 1.54) is 0 Å². The molecule has 1 amide bonds. The molecule has 1 aromatic carbocycles. The molecule has 1 atom stereocenters. The summed E-state index contributed by atoms with van der Waals surface area (Å²) in [6, 6.07) is 5.35. The molecule has 1 N–H and O–H groups in total. The summed E-state index contributed by atoms with van der Waals surface area (Å²) in [5.74, 6) is -0.295. The highest BCUT2D eigenvalue weighted by Crippen LogP contribution is 2.45. The Kier molecular flexibility index (Phi) is 3.82. The lowest BCUT2D eigenvalue weighted by molar-refractivity contribution is -0.122. The van der Waals surface area contributed by atoms with E-state index < -0.39 is 0 Å². The van der Waals surface area contributed by atoms with Gasteiger partial charge in [-0.1, -0.05) is 49.2 Å². The monoisotopic (exact) mass is 337 g/mol. The molecule has 0 radical (unpaired) electrons. The Hall–Kier alpha value is -1.32. The predicted octanol–water partition coefficient (Wildman–Crippen LogP) is 4.24. The molecule has 0 fully saturated rings. The molecule has 1 heterocycles. The van der Waals surface area contributed by atoms with E-state index in [0.717, 1.165) is 11.3 Å². The van der Waals surface area contributed by atoms with Gasteiger partial charge in [-0.2, -0.15) is 0 Å². The van der Waals surface area contributed by atoms with Gasteiger partial charge in [0, 0.05) is 30.0 Å². The fourth-order valence-corrected chi connectivity index (χ4v) is 3.85. The number of halogens is 2. The van der Waals surface area contributed by atoms with Gasteiger partial charge in [0.15, 0.2) is 5.78 Å². The highest BCUT2D eigenvalue weighted by atomic mass is 35.5. The first kappa shape index (κ1) is 15.6. The van der Waals surface area contributed by atoms with Crippen LogP contribution in [0.1, 0.15) is 44.6 Å². The van der Waals surface area contributed by atoms with E-state index in [1.807, 2.05) is 19.9 Å². The maximum absolute atomic E-state index is 12.6. The molecule has 0 aromatic heterocycles. The summed E-state index contributed by atoms with van der Waals surface area (Å²) in [6.07, 6.45) is 1.40. The highest BCUT2D eigenvalue weighted by Gasteiger charge is 2.41. The number of nitrogens with one attached hydrogen (secondary N) is 1. The lowest BCUT2D eigenvalue weighted by atomic mass is 9.70. The quantitative estimate of drug-likeness (QED) is 0.832. The molecule has 5 heteroatoms. The summed E-state index contributed by atoms with van der Waals surface area (Å²) >= 11 is 12.4. The zero-order chi connectivity index (χ0) is 16.1. The summed E-state index contributed by atoms with van der Waals surface area (Å²) in [5.41, 5.74) is 2.06. The normalized spacial score (nSPS) is 24.1. The molecule has 0 unspecified atom stereocenters. The third-order valence-electron chi connectivity index (χ3n) is 4.31. The smallest absolute Gasteiger partial charge is 0.225 e. The number of rotatable bonds is 1. The largest absolute Gasteiger partial charge is 0.329 e. The van der Waals surface area contributed by atoms with Gasteiger partial charge in [0.1, 0.15) is 0 Å². The van der Waals surface area contributed by atoms with Gasteiger partial charge in [-0.05, 0) is 23.5 Å². The Balaban J connectivity index is 2.13. The summed E-state index contributed by atoms with van der Waals surface area (Å²) < 4.78 is 0. The zero-order valence-electron chi connectivity index (χ0n) is 12.5. The van der Waals surface area contributed by atoms with Gasteiger partial charge in [0.2, 0.25) is 5.91 Å². The lowest BCUT2D eigenvalue weighted by Gasteiger charge is -2.38. The van der Waals surface area contributed by atoms with Crippen LogP contribution in [0, 0.1) is 5.41 Å². The first-order valence-corrected chi connectivity index (χ1v) is 8.04. The molecule has 0 saturated heterocycles. The molecule has 22 heavy (non-hydrogen) atoms. The van der Waals surface area contributed by atoms with Crippen molar-refractivity contribution in [3.05, 3.63) is 45.1 Å². The number of amides is 1. The van der Waals surface area contributed by atoms with Crippen molar-refractivity contribution < 1.29 is 9.59 Å². The maximum Gasteiger partial charge on any atom is 0.225 e. The van der Waals surface area contributed by atoms with E-state index >= 15 is 0 Å². The standard InChI is InChI=1S/C17H17Cl2NO2/c1-17(2)7-12-15(13(21)8-17)10(6-14(22)20-12)9-4-3-5-11(18)16(9)19/h3-5,10H,6-8H2,1-2H3,(H,20,22)/t10-/m0/s1. The number of allylic oxidation sites excluding steroid dienone is 2. The van der Waals surface area contributed by atoms with Crippen molar-refractivity contribution in [1.29, 1.82) is 0 Å². The SMILES string of the molecule is CC1(C)CC(=O)C2=C(C1)NC(=O)C[C@H]2c1cccc(Cl)c1Cl. The maximum atomic E-state index is 12.6. The summed E-state index contributed by atoms with van der Waals surface area (Å²) in [7, 11) is 0. The Morgan fingerprint density at radius 2 is 1.91 bits per heavy atom. The Bertz CT molecular complexity index is 707. The first-order valence-electron chi connectivity index (χ1n) is 7.28. The van der Waals surface area contributed by atoms with E-state index in [-0.39, 0.29) is 29.4 Å². The van der Waals surface area contributed by atoms with Gasteiger partial charge >= 0.3 is 0 Å². The minimum Gasteiger partial charge on any atom is -0.329 e. The van der Waals surface area contributed by atoms with Crippen molar-refractivity contribution in [3.8, 4) is 0 Å². The molecule has 2 aliphatic rings. The number of hydrogen-bond acceptors (Lipinski definition) is 2. The number of Topliss-reactive ketones (excluding diaryl/α,β-unsaturated/α-hetero) is 1. The summed E-state index contributed by atoms with van der Waals surface area (Å²) in [5, 5.41) is 3.75. The van der Waals surface area contributed by atoms with Crippen molar-refractivity contribution in [3.63, 3.8) is 0 Å². The van der Waals surface area contributed by atoms with Crippen molar-refractivity contribution in [2.24, 2.45) is 5.41 Å². The Labute approximate surface area is 139 Å². The van der Waals surface area contributed by atoms with Crippen LogP contribution in [-0.2, 0) is 9.59 Å². The van der Waals surface area contributed by atoms with E-state index in [1.54, 1.807) is 12.1 Å². The first-order chi connectivity index (χ1) is 10.3. The van der Waals surface area contributed by atoms with Crippen LogP contribution in [0.2, 0.25) is 10.0 Å². The lowest BCUT2D eigenvalue weighted by Crippen LogP contribution is -2.40. The number of carbonyl (C=O) groups excluding carboxylic acids is 2. The second kappa shape index (κ2) is 5.39. The zero-order valence-corrected chi connectivity index (χ0v) is 14.0. The van der Waals surface area contributed by atoms with Crippen LogP contribution in [0.4, 0.5) is 0 Å². The van der Waals surface area contributed by atoms with Crippen LogP contribution in [0.25, 0.3) is 0 Å². The van der Waals surface area contributed by atoms with Gasteiger partial charge in [-0.3, -0.25) is 9.59 Å². The molecule has 3 rings (SSSR count). The van der Waals surface area contributed by atoms with Crippen LogP contribution >= 0.6 is 23.2 Å². The summed E-state index contributed by atoms with van der Waals surface area (Å²) in [4.78, 5) is 24.7. The fourth-order valence-electron chi connectivity index (χ4n) is 3.41. The molecular weight excluding hydrogens is 321 g/mol. The molecule has 116 valence electrons. The third kappa shape index (κ3) is 2.68. The molecule has 0 saturated carbocycles. The average molecular weight is 338 g/mol. The van der Waals surface area contributed by atoms with Crippen LogP contribution in [0.15, 0.2) is 29.5 Å². The van der Waals surface area contributed by atoms with Crippen LogP contribution < -0.4 is 5.32 Å². The summed E-state index contributed by atoms with van der Waals surface area (Å²) in [6.45, 7) is 4.08. The topological polar surface area (TPSA) is 46.2 Å². The molecule has 1 aliphatic heterocycles. The van der Waals surface area contributed by atoms with E-state index in [9.17, 15) is 9.59 Å². The van der Waals surface area contributed by atoms with Crippen molar-refractivity contribution >= 4 is 34.9 Å². The molecule has 1 aliphatic carbocycles. The second-order valence-electron chi connectivity index (χ2n) is 6.78. The van der Waals surface area contributed by atoms with Gasteiger partial charge < -0.3 is 5.32 Å². The highest BCUT2D eigenvalue weighted by molar-refractivity contribution is 6.42. The molecule has 0 spiro atoms. The average Bonchev–Trinajstić information content (AvgIpc) is 2.39. The van der Waals surface area contributed by atoms with Gasteiger partial charge in [0.25, 0.3) is 0 Å². The third-order valence-corrected chi connectivity index (χ3v) is 5.14. The van der Waals surface area contributed by atoms with Crippen molar-refractivity contribution in [1.82, 2.24) is 5.32 Å². The Morgan fingerprint density at radius 3 is 2.64 bits per heavy atom. The molecule has 0 bridgehead atoms. The minimum atomic E-state index is -0.307.